The molecule has 0 spiro atoms. The van der Waals surface area contributed by atoms with E-state index in [2.05, 4.69) is 15.5 Å². The summed E-state index contributed by atoms with van der Waals surface area (Å²) < 4.78 is 23.3. The first-order valence-corrected chi connectivity index (χ1v) is 8.93. The fourth-order valence-electron chi connectivity index (χ4n) is 2.13. The molecule has 122 valence electrons. The molecule has 0 aliphatic carbocycles. The number of rotatable bonds is 1. The number of anilines is 1. The maximum absolute atomic E-state index is 12.2. The predicted molar refractivity (Wildman–Crippen MR) is 84.6 cm³/mol. The molecule has 1 aliphatic rings. The van der Waals surface area contributed by atoms with E-state index in [-0.39, 0.29) is 30.3 Å². The van der Waals surface area contributed by atoms with Gasteiger partial charge in [-0.05, 0) is 19.1 Å². The van der Waals surface area contributed by atoms with Gasteiger partial charge in [-0.15, -0.1) is 5.10 Å². The van der Waals surface area contributed by atoms with E-state index in [4.69, 9.17) is 0 Å². The Balaban J connectivity index is 2.01. The number of nitrogens with one attached hydrogen (secondary N) is 1. The van der Waals surface area contributed by atoms with E-state index in [1.807, 2.05) is 26.8 Å². The van der Waals surface area contributed by atoms with Crippen LogP contribution in [0, 0.1) is 0 Å². The van der Waals surface area contributed by atoms with Gasteiger partial charge in [0.05, 0.1) is 16.7 Å². The lowest BCUT2D eigenvalue weighted by atomic mass is 9.92. The first kappa shape index (κ1) is 16.7. The molecule has 7 nitrogen and oxygen atoms in total. The van der Waals surface area contributed by atoms with Gasteiger partial charge < -0.3 is 4.90 Å². The third-order valence-corrected chi connectivity index (χ3v) is 5.82. The van der Waals surface area contributed by atoms with Gasteiger partial charge in [-0.1, -0.05) is 20.8 Å². The van der Waals surface area contributed by atoms with Crippen LogP contribution in [-0.2, 0) is 15.3 Å². The summed E-state index contributed by atoms with van der Waals surface area (Å²) in [6.07, 6.45) is 0. The third-order valence-electron chi connectivity index (χ3n) is 3.69. The summed E-state index contributed by atoms with van der Waals surface area (Å²) in [5, 5.41) is 10.2. The maximum Gasteiger partial charge on any atom is 0.323 e. The number of aromatic nitrogens is 2. The highest BCUT2D eigenvalue weighted by atomic mass is 32.2. The van der Waals surface area contributed by atoms with Crippen LogP contribution in [-0.4, -0.2) is 53.6 Å². The molecule has 2 rings (SSSR count). The first-order valence-electron chi connectivity index (χ1n) is 7.21. The number of amides is 2. The van der Waals surface area contributed by atoms with Crippen molar-refractivity contribution in [3.05, 3.63) is 17.8 Å². The zero-order valence-corrected chi connectivity index (χ0v) is 14.1. The van der Waals surface area contributed by atoms with E-state index < -0.39 is 15.1 Å². The molecule has 1 aromatic heterocycles. The Hall–Kier alpha value is -1.70. The van der Waals surface area contributed by atoms with E-state index in [0.717, 1.165) is 5.69 Å². The molecule has 0 radical (unpaired) electrons. The lowest BCUT2D eigenvalue weighted by molar-refractivity contribution is 0.212. The van der Waals surface area contributed by atoms with Gasteiger partial charge >= 0.3 is 6.03 Å². The molecule has 8 heteroatoms. The zero-order chi connectivity index (χ0) is 16.5. The fraction of sp³-hybridized carbons (Fsp3) is 0.643. The summed E-state index contributed by atoms with van der Waals surface area (Å²) in [5.74, 6) is 0.357. The van der Waals surface area contributed by atoms with Gasteiger partial charge in [0.25, 0.3) is 0 Å². The second-order valence-corrected chi connectivity index (χ2v) is 9.15. The molecule has 1 fully saturated rings. The minimum absolute atomic E-state index is 0.00374. The first-order chi connectivity index (χ1) is 10.1. The average molecular weight is 326 g/mol. The largest absolute Gasteiger partial charge is 0.323 e. The molecule has 1 unspecified atom stereocenters. The molecule has 1 aromatic rings. The summed E-state index contributed by atoms with van der Waals surface area (Å²) in [6, 6.07) is 3.18. The second kappa shape index (κ2) is 5.83. The van der Waals surface area contributed by atoms with Crippen LogP contribution in [0.4, 0.5) is 10.6 Å². The Morgan fingerprint density at radius 2 is 2.00 bits per heavy atom. The lowest BCUT2D eigenvalue weighted by Crippen LogP contribution is -2.49. The van der Waals surface area contributed by atoms with Crippen molar-refractivity contribution in [2.45, 2.75) is 38.4 Å². The van der Waals surface area contributed by atoms with Gasteiger partial charge in [-0.3, -0.25) is 5.32 Å². The Bertz CT molecular complexity index is 650. The van der Waals surface area contributed by atoms with Gasteiger partial charge in [0.15, 0.2) is 15.7 Å². The van der Waals surface area contributed by atoms with E-state index in [9.17, 15) is 13.2 Å². The summed E-state index contributed by atoms with van der Waals surface area (Å²) in [6.45, 7) is 8.11. The van der Waals surface area contributed by atoms with Crippen LogP contribution in [0.1, 0.15) is 33.4 Å². The molecule has 0 saturated carbocycles. The van der Waals surface area contributed by atoms with Crippen molar-refractivity contribution in [3.63, 3.8) is 0 Å². The molecule has 22 heavy (non-hydrogen) atoms. The lowest BCUT2D eigenvalue weighted by Gasteiger charge is -2.30. The summed E-state index contributed by atoms with van der Waals surface area (Å²) in [4.78, 5) is 13.6. The Labute approximate surface area is 131 Å². The number of nitrogens with zero attached hydrogens (tertiary/aromatic N) is 3. The molecule has 0 bridgehead atoms. The van der Waals surface area contributed by atoms with Crippen molar-refractivity contribution in [2.75, 3.05) is 24.2 Å². The fourth-order valence-corrected chi connectivity index (χ4v) is 3.41. The molecule has 1 atom stereocenters. The smallest absolute Gasteiger partial charge is 0.322 e. The highest BCUT2D eigenvalue weighted by Gasteiger charge is 2.31. The van der Waals surface area contributed by atoms with E-state index in [1.165, 1.54) is 4.90 Å². The van der Waals surface area contributed by atoms with Crippen LogP contribution in [0.25, 0.3) is 0 Å². The molecule has 2 amide bonds. The topological polar surface area (TPSA) is 92.3 Å². The number of hydrogen-bond acceptors (Lipinski definition) is 5. The summed E-state index contributed by atoms with van der Waals surface area (Å²) >= 11 is 0. The normalized spacial score (nSPS) is 21.5. The van der Waals surface area contributed by atoms with E-state index in [1.54, 1.807) is 13.0 Å². The highest BCUT2D eigenvalue weighted by molar-refractivity contribution is 7.92. The Morgan fingerprint density at radius 1 is 1.32 bits per heavy atom. The molecular formula is C14H22N4O3S. The minimum atomic E-state index is -3.07. The number of urea groups is 1. The van der Waals surface area contributed by atoms with Crippen molar-refractivity contribution in [2.24, 2.45) is 0 Å². The van der Waals surface area contributed by atoms with Crippen molar-refractivity contribution in [1.29, 1.82) is 0 Å². The van der Waals surface area contributed by atoms with Crippen molar-refractivity contribution < 1.29 is 13.2 Å². The molecule has 1 saturated heterocycles. The van der Waals surface area contributed by atoms with Crippen LogP contribution >= 0.6 is 0 Å². The van der Waals surface area contributed by atoms with Gasteiger partial charge in [-0.25, -0.2) is 13.2 Å². The van der Waals surface area contributed by atoms with Gasteiger partial charge in [0.1, 0.15) is 0 Å². The molecular weight excluding hydrogens is 304 g/mol. The van der Waals surface area contributed by atoms with Crippen LogP contribution in [0.15, 0.2) is 12.1 Å². The number of sulfone groups is 1. The molecule has 1 N–H and O–H groups in total. The Kier molecular flexibility index (Phi) is 4.42. The predicted octanol–water partition coefficient (Wildman–Crippen LogP) is 1.42. The SMILES string of the molecule is CC1CN(C(=O)Nc2ccc(C(C)(C)C)nn2)CCS1(=O)=O. The van der Waals surface area contributed by atoms with E-state index >= 15 is 0 Å². The van der Waals surface area contributed by atoms with Gasteiger partial charge in [-0.2, -0.15) is 5.10 Å². The van der Waals surface area contributed by atoms with E-state index in [0.29, 0.717) is 5.82 Å². The molecule has 1 aliphatic heterocycles. The van der Waals surface area contributed by atoms with Crippen molar-refractivity contribution in [3.8, 4) is 0 Å². The highest BCUT2D eigenvalue weighted by Crippen LogP contribution is 2.20. The number of carbonyl (C=O) groups is 1. The quantitative estimate of drug-likeness (QED) is 0.842. The number of hydrogen-bond donors (Lipinski definition) is 1. The minimum Gasteiger partial charge on any atom is -0.322 e. The summed E-state index contributed by atoms with van der Waals surface area (Å²) in [5.41, 5.74) is 0.731. The van der Waals surface area contributed by atoms with Crippen LogP contribution in [0.2, 0.25) is 0 Å². The van der Waals surface area contributed by atoms with Crippen molar-refractivity contribution in [1.82, 2.24) is 15.1 Å². The molecule has 0 aromatic carbocycles. The zero-order valence-electron chi connectivity index (χ0n) is 13.3. The maximum atomic E-state index is 12.2. The molecule has 2 heterocycles. The average Bonchev–Trinajstić information content (AvgIpc) is 2.41. The third kappa shape index (κ3) is 3.73. The van der Waals surface area contributed by atoms with Crippen LogP contribution < -0.4 is 5.32 Å². The van der Waals surface area contributed by atoms with Crippen LogP contribution in [0.5, 0.6) is 0 Å². The second-order valence-electron chi connectivity index (χ2n) is 6.61. The van der Waals surface area contributed by atoms with Crippen LogP contribution in [0.3, 0.4) is 0 Å². The van der Waals surface area contributed by atoms with Gasteiger partial charge in [0, 0.05) is 18.5 Å². The van der Waals surface area contributed by atoms with Crippen molar-refractivity contribution >= 4 is 21.7 Å². The monoisotopic (exact) mass is 326 g/mol. The number of carbonyl (C=O) groups excluding carboxylic acids is 1. The summed E-state index contributed by atoms with van der Waals surface area (Å²) in [7, 11) is -3.07. The standard InChI is InChI=1S/C14H22N4O3S/c1-10-9-18(7-8-22(10,20)21)13(19)15-12-6-5-11(16-17-12)14(2,3)4/h5-6,10H,7-9H2,1-4H3,(H,15,17,19). The van der Waals surface area contributed by atoms with Gasteiger partial charge in [0.2, 0.25) is 0 Å². The Morgan fingerprint density at radius 3 is 2.50 bits per heavy atom.